The average molecular weight is 411 g/mol. The molecule has 128 valence electrons. The van der Waals surface area contributed by atoms with E-state index in [1.54, 1.807) is 12.1 Å². The van der Waals surface area contributed by atoms with Crippen molar-refractivity contribution in [3.63, 3.8) is 0 Å². The number of halogens is 1. The third-order valence-electron chi connectivity index (χ3n) is 3.80. The van der Waals surface area contributed by atoms with Crippen molar-refractivity contribution < 1.29 is 13.2 Å². The summed E-state index contributed by atoms with van der Waals surface area (Å²) in [6.07, 6.45) is 0. The molecule has 0 radical (unpaired) electrons. The van der Waals surface area contributed by atoms with Crippen molar-refractivity contribution in [3.8, 4) is 0 Å². The summed E-state index contributed by atoms with van der Waals surface area (Å²) in [6, 6.07) is 10.2. The second-order valence-corrected chi connectivity index (χ2v) is 8.61. The van der Waals surface area contributed by atoms with Gasteiger partial charge in [0.15, 0.2) is 0 Å². The molecule has 0 unspecified atom stereocenters. The van der Waals surface area contributed by atoms with E-state index in [-0.39, 0.29) is 16.4 Å². The zero-order valence-corrected chi connectivity index (χ0v) is 16.3. The van der Waals surface area contributed by atoms with Gasteiger partial charge in [-0.05, 0) is 65.2 Å². The van der Waals surface area contributed by atoms with Gasteiger partial charge in [0.1, 0.15) is 0 Å². The van der Waals surface area contributed by atoms with Gasteiger partial charge < -0.3 is 5.32 Å². The molecule has 0 aliphatic rings. The number of carbonyl (C=O) groups excluding carboxylic acids is 1. The summed E-state index contributed by atoms with van der Waals surface area (Å²) in [5.41, 5.74) is 3.03. The summed E-state index contributed by atoms with van der Waals surface area (Å²) in [6.45, 7) is 3.89. The maximum atomic E-state index is 12.5. The van der Waals surface area contributed by atoms with Crippen LogP contribution in [0.25, 0.3) is 0 Å². The number of benzene rings is 2. The second-order valence-electron chi connectivity index (χ2n) is 5.63. The van der Waals surface area contributed by atoms with Gasteiger partial charge in [-0.15, -0.1) is 0 Å². The van der Waals surface area contributed by atoms with Gasteiger partial charge >= 0.3 is 0 Å². The smallest absolute Gasteiger partial charge is 0.255 e. The molecule has 0 heterocycles. The Bertz CT molecular complexity index is 893. The fraction of sp³-hybridized carbons (Fsp3) is 0.235. The summed E-state index contributed by atoms with van der Waals surface area (Å²) in [4.78, 5) is 12.6. The highest BCUT2D eigenvalue weighted by Crippen LogP contribution is 2.26. The number of hydrogen-bond donors (Lipinski definition) is 1. The molecule has 1 N–H and O–H groups in total. The number of nitrogens with zero attached hydrogens (tertiary/aromatic N) is 1. The van der Waals surface area contributed by atoms with Gasteiger partial charge in [0.05, 0.1) is 4.90 Å². The molecule has 0 aliphatic heterocycles. The molecule has 5 nitrogen and oxygen atoms in total. The first-order chi connectivity index (χ1) is 11.1. The van der Waals surface area contributed by atoms with Gasteiger partial charge in [-0.2, -0.15) is 0 Å². The zero-order valence-electron chi connectivity index (χ0n) is 13.9. The Labute approximate surface area is 150 Å². The molecule has 0 spiro atoms. The quantitative estimate of drug-likeness (QED) is 0.837. The molecular weight excluding hydrogens is 392 g/mol. The SMILES string of the molecule is Cc1cccc(NC(=O)c2ccc(Br)c(S(=O)(=O)N(C)C)c2)c1C. The van der Waals surface area contributed by atoms with E-state index in [0.717, 1.165) is 15.4 Å². The Kier molecular flexibility index (Phi) is 5.47. The van der Waals surface area contributed by atoms with Gasteiger partial charge in [0.2, 0.25) is 10.0 Å². The minimum Gasteiger partial charge on any atom is -0.322 e. The topological polar surface area (TPSA) is 66.5 Å². The van der Waals surface area contributed by atoms with E-state index >= 15 is 0 Å². The van der Waals surface area contributed by atoms with E-state index in [4.69, 9.17) is 0 Å². The summed E-state index contributed by atoms with van der Waals surface area (Å²) >= 11 is 3.23. The van der Waals surface area contributed by atoms with Crippen molar-refractivity contribution in [2.45, 2.75) is 18.7 Å². The molecule has 2 rings (SSSR count). The number of anilines is 1. The van der Waals surface area contributed by atoms with Crippen molar-refractivity contribution in [3.05, 3.63) is 57.6 Å². The standard InChI is InChI=1S/C17H19BrN2O3S/c1-11-6-5-7-15(12(11)2)19-17(21)13-8-9-14(18)16(10-13)24(22,23)20(3)4/h5-10H,1-4H3,(H,19,21). The lowest BCUT2D eigenvalue weighted by Gasteiger charge is -2.14. The van der Waals surface area contributed by atoms with Crippen LogP contribution < -0.4 is 5.32 Å². The lowest BCUT2D eigenvalue weighted by Crippen LogP contribution is -2.23. The van der Waals surface area contributed by atoms with Gasteiger partial charge in [-0.25, -0.2) is 12.7 Å². The van der Waals surface area contributed by atoms with Crippen molar-refractivity contribution in [2.24, 2.45) is 0 Å². The number of hydrogen-bond acceptors (Lipinski definition) is 3. The molecule has 24 heavy (non-hydrogen) atoms. The largest absolute Gasteiger partial charge is 0.322 e. The minimum atomic E-state index is -3.64. The number of amides is 1. The summed E-state index contributed by atoms with van der Waals surface area (Å²) < 4.78 is 26.2. The van der Waals surface area contributed by atoms with E-state index in [1.165, 1.54) is 20.2 Å². The Morgan fingerprint density at radius 2 is 1.79 bits per heavy atom. The molecule has 0 bridgehead atoms. The molecule has 0 atom stereocenters. The van der Waals surface area contributed by atoms with Gasteiger partial charge in [0.25, 0.3) is 5.91 Å². The predicted molar refractivity (Wildman–Crippen MR) is 98.9 cm³/mol. The molecular formula is C17H19BrN2O3S. The lowest BCUT2D eigenvalue weighted by molar-refractivity contribution is 0.102. The number of rotatable bonds is 4. The molecule has 0 saturated heterocycles. The van der Waals surface area contributed by atoms with E-state index in [1.807, 2.05) is 32.0 Å². The predicted octanol–water partition coefficient (Wildman–Crippen LogP) is 3.57. The molecule has 2 aromatic rings. The zero-order chi connectivity index (χ0) is 18.1. The summed E-state index contributed by atoms with van der Waals surface area (Å²) in [7, 11) is -0.747. The van der Waals surface area contributed by atoms with Gasteiger partial charge in [-0.3, -0.25) is 4.79 Å². The van der Waals surface area contributed by atoms with Crippen LogP contribution in [0.3, 0.4) is 0 Å². The Morgan fingerprint density at radius 3 is 2.42 bits per heavy atom. The molecule has 2 aromatic carbocycles. The van der Waals surface area contributed by atoms with Crippen LogP contribution in [0.5, 0.6) is 0 Å². The fourth-order valence-corrected chi connectivity index (χ4v) is 3.96. The van der Waals surface area contributed by atoms with Crippen LogP contribution >= 0.6 is 15.9 Å². The van der Waals surface area contributed by atoms with E-state index in [9.17, 15) is 13.2 Å². The van der Waals surface area contributed by atoms with Crippen LogP contribution in [0.4, 0.5) is 5.69 Å². The molecule has 0 aliphatic carbocycles. The van der Waals surface area contributed by atoms with Crippen molar-refractivity contribution in [2.75, 3.05) is 19.4 Å². The number of carbonyl (C=O) groups is 1. The van der Waals surface area contributed by atoms with Crippen molar-refractivity contribution in [1.82, 2.24) is 4.31 Å². The van der Waals surface area contributed by atoms with Gasteiger partial charge in [0, 0.05) is 29.8 Å². The molecule has 1 amide bonds. The van der Waals surface area contributed by atoms with E-state index in [0.29, 0.717) is 10.2 Å². The minimum absolute atomic E-state index is 0.0566. The average Bonchev–Trinajstić information content (AvgIpc) is 2.51. The van der Waals surface area contributed by atoms with E-state index in [2.05, 4.69) is 21.2 Å². The van der Waals surface area contributed by atoms with Crippen LogP contribution in [0.2, 0.25) is 0 Å². The lowest BCUT2D eigenvalue weighted by atomic mass is 10.1. The Balaban J connectivity index is 2.40. The molecule has 0 fully saturated rings. The van der Waals surface area contributed by atoms with E-state index < -0.39 is 10.0 Å². The highest BCUT2D eigenvalue weighted by atomic mass is 79.9. The normalized spacial score (nSPS) is 11.6. The Morgan fingerprint density at radius 1 is 1.12 bits per heavy atom. The maximum Gasteiger partial charge on any atom is 0.255 e. The first-order valence-electron chi connectivity index (χ1n) is 7.24. The van der Waals surface area contributed by atoms with Crippen molar-refractivity contribution >= 4 is 37.5 Å². The van der Waals surface area contributed by atoms with Crippen molar-refractivity contribution in [1.29, 1.82) is 0 Å². The number of sulfonamides is 1. The third-order valence-corrected chi connectivity index (χ3v) is 6.61. The number of nitrogens with one attached hydrogen (secondary N) is 1. The number of aryl methyl sites for hydroxylation is 1. The van der Waals surface area contributed by atoms with Gasteiger partial charge in [-0.1, -0.05) is 12.1 Å². The highest BCUT2D eigenvalue weighted by molar-refractivity contribution is 9.10. The molecule has 0 saturated carbocycles. The molecule has 0 aromatic heterocycles. The summed E-state index contributed by atoms with van der Waals surface area (Å²) in [5, 5.41) is 2.83. The first kappa shape index (κ1) is 18.6. The third kappa shape index (κ3) is 3.68. The highest BCUT2D eigenvalue weighted by Gasteiger charge is 2.22. The van der Waals surface area contributed by atoms with Crippen LogP contribution in [0.1, 0.15) is 21.5 Å². The molecule has 7 heteroatoms. The Hall–Kier alpha value is -1.70. The maximum absolute atomic E-state index is 12.5. The van der Waals surface area contributed by atoms with Crippen LogP contribution in [-0.4, -0.2) is 32.7 Å². The first-order valence-corrected chi connectivity index (χ1v) is 9.47. The summed E-state index contributed by atoms with van der Waals surface area (Å²) in [5.74, 6) is -0.355. The van der Waals surface area contributed by atoms with Crippen LogP contribution in [-0.2, 0) is 10.0 Å². The fourth-order valence-electron chi connectivity index (χ4n) is 2.12. The second kappa shape index (κ2) is 7.04. The van der Waals surface area contributed by atoms with Crippen LogP contribution in [0.15, 0.2) is 45.8 Å². The monoisotopic (exact) mass is 410 g/mol. The van der Waals surface area contributed by atoms with Crippen LogP contribution in [0, 0.1) is 13.8 Å².